The Morgan fingerprint density at radius 2 is 1.85 bits per heavy atom. The second-order valence-corrected chi connectivity index (χ2v) is 12.8. The molecule has 0 saturated carbocycles. The van der Waals surface area contributed by atoms with Crippen molar-refractivity contribution in [2.45, 2.75) is 23.6 Å². The summed E-state index contributed by atoms with van der Waals surface area (Å²) in [6.45, 7) is 3.44. The number of allylic oxidation sites excluding steroid dienone is 1. The average Bonchev–Trinajstić information content (AvgIpc) is 2.78. The first-order valence-electron chi connectivity index (χ1n) is 10.5. The van der Waals surface area contributed by atoms with Gasteiger partial charge in [-0.1, -0.05) is 79.7 Å². The first kappa shape index (κ1) is 24.5. The van der Waals surface area contributed by atoms with Crippen LogP contribution >= 0.6 is 43.3 Å². The van der Waals surface area contributed by atoms with Crippen LogP contribution in [0.25, 0.3) is 16.8 Å². The normalized spacial score (nSPS) is 14.8. The number of hydrogen-bond donors (Lipinski definition) is 0. The smallest absolute Gasteiger partial charge is 0.301 e. The van der Waals surface area contributed by atoms with E-state index in [-0.39, 0.29) is 3.92 Å². The van der Waals surface area contributed by atoms with Crippen LogP contribution in [-0.2, 0) is 12.7 Å². The zero-order valence-electron chi connectivity index (χ0n) is 18.2. The van der Waals surface area contributed by atoms with Crippen LogP contribution in [0, 0.1) is 3.57 Å². The molecule has 1 aliphatic rings. The highest BCUT2D eigenvalue weighted by Crippen LogP contribution is 2.42. The molecule has 0 N–H and O–H groups in total. The lowest BCUT2D eigenvalue weighted by atomic mass is 9.98. The molecule has 0 spiro atoms. The highest BCUT2D eigenvalue weighted by Gasteiger charge is 2.35. The molecule has 2 aromatic carbocycles. The van der Waals surface area contributed by atoms with Gasteiger partial charge < -0.3 is 4.90 Å². The van der Waals surface area contributed by atoms with Crippen molar-refractivity contribution in [2.24, 2.45) is 0 Å². The molecule has 4 rings (SSSR count). The molecule has 7 heteroatoms. The molecule has 0 aliphatic carbocycles. The molecule has 0 bridgehead atoms. The standard InChI is InChI=1S/C26H23F3I2N2/c1-17-13-21(20-9-6-10-22(25(20)31-17)26(27,28)29)23(30)16-33(2)15-18-7-5-8-19(14-18)24-11-3-4-12-32-24/h3-14,23H,15-16H2,1-2H3. The number of hydrogen-bond acceptors (Lipinski definition) is 2. The third-order valence-electron chi connectivity index (χ3n) is 5.36. The largest absolute Gasteiger partial charge is 0.417 e. The van der Waals surface area contributed by atoms with Crippen molar-refractivity contribution in [1.82, 2.24) is 9.88 Å². The van der Waals surface area contributed by atoms with Gasteiger partial charge in [-0.3, -0.25) is 4.98 Å². The number of fused-ring (bicyclic) bond motifs is 1. The third kappa shape index (κ3) is 5.92. The number of halogens is 5. The van der Waals surface area contributed by atoms with E-state index in [9.17, 15) is 13.2 Å². The molecule has 1 unspecified atom stereocenters. The molecule has 0 amide bonds. The summed E-state index contributed by atoms with van der Waals surface area (Å²) in [4.78, 5) is 6.65. The van der Waals surface area contributed by atoms with E-state index in [2.05, 4.69) is 63.8 Å². The van der Waals surface area contributed by atoms with Gasteiger partial charge in [-0.05, 0) is 64.5 Å². The van der Waals surface area contributed by atoms with E-state index < -0.39 is 32.5 Å². The Balaban J connectivity index is 1.52. The third-order valence-corrected chi connectivity index (χ3v) is 9.29. The summed E-state index contributed by atoms with van der Waals surface area (Å²) in [5.74, 6) is 0. The fourth-order valence-electron chi connectivity index (χ4n) is 3.91. The molecule has 2 nitrogen and oxygen atoms in total. The van der Waals surface area contributed by atoms with Gasteiger partial charge in [0.15, 0.2) is 0 Å². The van der Waals surface area contributed by atoms with Gasteiger partial charge >= 0.3 is 6.18 Å². The van der Waals surface area contributed by atoms with Crippen molar-refractivity contribution < 1.29 is 13.2 Å². The zero-order chi connectivity index (χ0) is 23.6. The van der Waals surface area contributed by atoms with E-state index in [1.165, 1.54) is 17.7 Å². The van der Waals surface area contributed by atoms with Crippen LogP contribution in [0.2, 0.25) is 0 Å². The Morgan fingerprint density at radius 1 is 1.06 bits per heavy atom. The van der Waals surface area contributed by atoms with Gasteiger partial charge in [-0.25, -0.2) is 0 Å². The molecular formula is C26H23F3I2N2. The molecule has 172 valence electrons. The van der Waals surface area contributed by atoms with E-state index in [0.717, 1.165) is 39.0 Å². The molecule has 0 radical (unpaired) electrons. The highest BCUT2D eigenvalue weighted by molar-refractivity contribution is 14.2. The number of alkyl halides is 4. The van der Waals surface area contributed by atoms with Crippen molar-refractivity contribution in [2.75, 3.05) is 13.6 Å². The Bertz CT molecular complexity index is 1200. The maximum atomic E-state index is 13.6. The van der Waals surface area contributed by atoms with Crippen LogP contribution in [0.4, 0.5) is 13.2 Å². The van der Waals surface area contributed by atoms with Crippen LogP contribution < -0.4 is 0 Å². The molecule has 2 heterocycles. The van der Waals surface area contributed by atoms with Crippen LogP contribution in [0.1, 0.15) is 23.6 Å². The highest BCUT2D eigenvalue weighted by atomic mass is 127. The van der Waals surface area contributed by atoms with Crippen molar-refractivity contribution in [1.29, 1.82) is 0 Å². The molecule has 0 fully saturated rings. The Kier molecular flexibility index (Phi) is 7.69. The van der Waals surface area contributed by atoms with Gasteiger partial charge in [0, 0.05) is 32.3 Å². The van der Waals surface area contributed by atoms with E-state index in [1.807, 2.05) is 37.3 Å². The van der Waals surface area contributed by atoms with Crippen molar-refractivity contribution in [3.8, 4) is 11.3 Å². The number of aromatic nitrogens is 1. The quantitative estimate of drug-likeness (QED) is 0.200. The van der Waals surface area contributed by atoms with Gasteiger partial charge in [0.05, 0.1) is 11.3 Å². The molecule has 0 saturated heterocycles. The van der Waals surface area contributed by atoms with E-state index in [1.54, 1.807) is 6.20 Å². The summed E-state index contributed by atoms with van der Waals surface area (Å²) in [6.07, 6.45) is -0.414. The van der Waals surface area contributed by atoms with Gasteiger partial charge in [-0.2, -0.15) is 13.2 Å². The maximum absolute atomic E-state index is 13.6. The fourth-order valence-corrected chi connectivity index (χ4v) is 8.00. The minimum atomic E-state index is -4.32. The molecule has 3 aromatic rings. The molecule has 33 heavy (non-hydrogen) atoms. The van der Waals surface area contributed by atoms with Crippen molar-refractivity contribution in [3.63, 3.8) is 0 Å². The first-order chi connectivity index (χ1) is 15.7. The van der Waals surface area contributed by atoms with Gasteiger partial charge in [-0.15, -0.1) is 0 Å². The predicted molar refractivity (Wildman–Crippen MR) is 147 cm³/mol. The van der Waals surface area contributed by atoms with E-state index in [0.29, 0.717) is 3.57 Å². The summed E-state index contributed by atoms with van der Waals surface area (Å²) in [5, 5.41) is 0. The molecular weight excluding hydrogens is 651 g/mol. The summed E-state index contributed by atoms with van der Waals surface area (Å²) in [5.41, 5.74) is 4.48. The number of pyridine rings is 1. The first-order valence-corrected chi connectivity index (χ1v) is 13.9. The van der Waals surface area contributed by atoms with Gasteiger partial charge in [0.1, 0.15) is 0 Å². The van der Waals surface area contributed by atoms with Crippen LogP contribution in [0.15, 0.2) is 72.9 Å². The summed E-state index contributed by atoms with van der Waals surface area (Å²) >= 11 is 1.57. The number of nitrogens with zero attached hydrogens (tertiary/aromatic N) is 2. The summed E-state index contributed by atoms with van der Waals surface area (Å²) in [6, 6.07) is 18.8. The minimum absolute atomic E-state index is 0.0769. The lowest BCUT2D eigenvalue weighted by Crippen LogP contribution is -2.27. The lowest BCUT2D eigenvalue weighted by Gasteiger charge is -2.26. The van der Waals surface area contributed by atoms with Crippen molar-refractivity contribution >= 4 is 52.4 Å². The van der Waals surface area contributed by atoms with Gasteiger partial charge in [0.25, 0.3) is 0 Å². The van der Waals surface area contributed by atoms with Gasteiger partial charge in [0.2, 0.25) is 0 Å². The van der Waals surface area contributed by atoms with Crippen LogP contribution in [0.3, 0.4) is 0 Å². The number of benzene rings is 2. The van der Waals surface area contributed by atoms with E-state index >= 15 is 0 Å². The maximum Gasteiger partial charge on any atom is 0.417 e. The second-order valence-electron chi connectivity index (χ2n) is 8.03. The van der Waals surface area contributed by atoms with Crippen molar-refractivity contribution in [3.05, 3.63) is 93.2 Å². The SMILES string of the molecule is CC1=Ic2c(cccc2C(F)(F)F)C(C(I)CN(C)Cc2cccc(-c3ccccn3)c2)=C1. The van der Waals surface area contributed by atoms with Crippen LogP contribution in [-0.4, -0.2) is 30.9 Å². The predicted octanol–water partition coefficient (Wildman–Crippen LogP) is 7.43. The second kappa shape index (κ2) is 10.4. The summed E-state index contributed by atoms with van der Waals surface area (Å²) < 4.78 is 42.5. The lowest BCUT2D eigenvalue weighted by molar-refractivity contribution is -0.138. The topological polar surface area (TPSA) is 16.1 Å². The average molecular weight is 674 g/mol. The molecule has 1 aromatic heterocycles. The Hall–Kier alpha value is -1.59. The minimum Gasteiger partial charge on any atom is -0.301 e. The fraction of sp³-hybridized carbons (Fsp3) is 0.231. The molecule has 1 atom stereocenters. The van der Waals surface area contributed by atoms with E-state index in [4.69, 9.17) is 0 Å². The molecule has 1 aliphatic heterocycles. The number of rotatable bonds is 6. The Morgan fingerprint density at radius 3 is 2.58 bits per heavy atom. The zero-order valence-corrected chi connectivity index (χ0v) is 22.5. The Labute approximate surface area is 215 Å². The monoisotopic (exact) mass is 674 g/mol. The van der Waals surface area contributed by atoms with Crippen LogP contribution in [0.5, 0.6) is 0 Å². The summed E-state index contributed by atoms with van der Waals surface area (Å²) in [7, 11) is 2.05.